The summed E-state index contributed by atoms with van der Waals surface area (Å²) < 4.78 is 0. The predicted octanol–water partition coefficient (Wildman–Crippen LogP) is 5.03. The maximum atomic E-state index is 8.83. The van der Waals surface area contributed by atoms with Gasteiger partial charge in [0.05, 0.1) is 17.3 Å². The molecule has 0 bridgehead atoms. The molecule has 0 saturated heterocycles. The van der Waals surface area contributed by atoms with Crippen molar-refractivity contribution in [3.63, 3.8) is 0 Å². The van der Waals surface area contributed by atoms with Gasteiger partial charge in [0.25, 0.3) is 0 Å². The molecule has 0 aliphatic heterocycles. The number of hydrogen-bond acceptors (Lipinski definition) is 2. The lowest BCUT2D eigenvalue weighted by atomic mass is 10.1. The van der Waals surface area contributed by atoms with E-state index in [1.165, 1.54) is 0 Å². The third-order valence-electron chi connectivity index (χ3n) is 2.81. The number of nitrogens with zero attached hydrogens (tertiary/aromatic N) is 2. The number of rotatable bonds is 2. The Morgan fingerprint density at radius 3 is 2.25 bits per heavy atom. The van der Waals surface area contributed by atoms with E-state index in [2.05, 4.69) is 11.1 Å². The molecule has 102 valence electrons. The monoisotopic (exact) mass is 264 g/mol. The second kappa shape index (κ2) is 7.91. The van der Waals surface area contributed by atoms with E-state index in [-0.39, 0.29) is 0 Å². The predicted molar refractivity (Wildman–Crippen MR) is 85.6 cm³/mol. The van der Waals surface area contributed by atoms with E-state index >= 15 is 0 Å². The molecule has 20 heavy (non-hydrogen) atoms. The van der Waals surface area contributed by atoms with Crippen molar-refractivity contribution in [2.75, 3.05) is 0 Å². The average molecular weight is 264 g/mol. The van der Waals surface area contributed by atoms with Gasteiger partial charge in [-0.2, -0.15) is 5.26 Å². The largest absolute Gasteiger partial charge is 0.253 e. The molecule has 2 rings (SSSR count). The minimum atomic E-state index is 0.670. The Labute approximate surface area is 121 Å². The van der Waals surface area contributed by atoms with Gasteiger partial charge in [-0.3, -0.25) is 4.99 Å². The molecule has 2 aromatic rings. The minimum Gasteiger partial charge on any atom is -0.253 e. The van der Waals surface area contributed by atoms with Gasteiger partial charge >= 0.3 is 0 Å². The van der Waals surface area contributed by atoms with Crippen LogP contribution < -0.4 is 0 Å². The van der Waals surface area contributed by atoms with Crippen molar-refractivity contribution < 1.29 is 0 Å². The molecular weight excluding hydrogens is 244 g/mol. The van der Waals surface area contributed by atoms with Crippen molar-refractivity contribution in [3.8, 4) is 6.07 Å². The first-order valence-electron chi connectivity index (χ1n) is 6.82. The summed E-state index contributed by atoms with van der Waals surface area (Å²) >= 11 is 0. The molecule has 0 atom stereocenters. The van der Waals surface area contributed by atoms with Crippen molar-refractivity contribution >= 4 is 11.4 Å². The first-order valence-corrected chi connectivity index (χ1v) is 6.82. The molecule has 0 aromatic heterocycles. The molecule has 0 radical (unpaired) electrons. The molecule has 0 unspecified atom stereocenters. The first kappa shape index (κ1) is 15.7. The zero-order valence-corrected chi connectivity index (χ0v) is 12.5. The molecule has 0 heterocycles. The van der Waals surface area contributed by atoms with Crippen LogP contribution in [0.25, 0.3) is 0 Å². The van der Waals surface area contributed by atoms with Gasteiger partial charge in [-0.15, -0.1) is 0 Å². The lowest BCUT2D eigenvalue weighted by Gasteiger charge is -2.04. The fraction of sp³-hybridized carbons (Fsp3) is 0.222. The summed E-state index contributed by atoms with van der Waals surface area (Å²) in [4.78, 5) is 4.61. The third kappa shape index (κ3) is 4.07. The Kier molecular flexibility index (Phi) is 6.19. The summed E-state index contributed by atoms with van der Waals surface area (Å²) in [7, 11) is 0. The summed E-state index contributed by atoms with van der Waals surface area (Å²) in [6.45, 7) is 7.96. The van der Waals surface area contributed by atoms with Gasteiger partial charge in [-0.05, 0) is 43.2 Å². The van der Waals surface area contributed by atoms with Crippen LogP contribution in [0.2, 0.25) is 0 Å². The fourth-order valence-electron chi connectivity index (χ4n) is 1.78. The van der Waals surface area contributed by atoms with E-state index in [0.717, 1.165) is 22.5 Å². The Bertz CT molecular complexity index is 620. The quantitative estimate of drug-likeness (QED) is 0.700. The van der Waals surface area contributed by atoms with Crippen LogP contribution in [0.3, 0.4) is 0 Å². The van der Waals surface area contributed by atoms with Gasteiger partial charge in [0.15, 0.2) is 0 Å². The highest BCUT2D eigenvalue weighted by Gasteiger charge is 2.01. The highest BCUT2D eigenvalue weighted by molar-refractivity contribution is 6.00. The van der Waals surface area contributed by atoms with Crippen LogP contribution in [0.5, 0.6) is 0 Å². The molecule has 0 aliphatic rings. The number of hydrogen-bond donors (Lipinski definition) is 0. The van der Waals surface area contributed by atoms with Crippen LogP contribution in [0.15, 0.2) is 53.5 Å². The van der Waals surface area contributed by atoms with Gasteiger partial charge in [0.2, 0.25) is 0 Å². The average Bonchev–Trinajstić information content (AvgIpc) is 2.52. The molecule has 2 aromatic carbocycles. The van der Waals surface area contributed by atoms with Crippen LogP contribution >= 0.6 is 0 Å². The number of nitriles is 1. The maximum Gasteiger partial charge on any atom is 0.0991 e. The normalized spacial score (nSPS) is 10.2. The summed E-state index contributed by atoms with van der Waals surface area (Å²) in [5.41, 5.74) is 4.69. The Morgan fingerprint density at radius 2 is 1.70 bits per heavy atom. The molecule has 0 N–H and O–H groups in total. The Hall–Kier alpha value is -2.40. The molecule has 0 spiro atoms. The van der Waals surface area contributed by atoms with E-state index in [0.29, 0.717) is 5.56 Å². The molecular formula is C18H20N2. The zero-order chi connectivity index (χ0) is 15.0. The Morgan fingerprint density at radius 1 is 1.05 bits per heavy atom. The fourth-order valence-corrected chi connectivity index (χ4v) is 1.78. The van der Waals surface area contributed by atoms with Crippen LogP contribution in [0.4, 0.5) is 5.69 Å². The number of aryl methyl sites for hydroxylation is 1. The summed E-state index contributed by atoms with van der Waals surface area (Å²) in [5, 5.41) is 8.83. The van der Waals surface area contributed by atoms with E-state index in [1.54, 1.807) is 6.07 Å². The van der Waals surface area contributed by atoms with Crippen molar-refractivity contribution in [2.24, 2.45) is 4.99 Å². The Balaban J connectivity index is 0.000000956. The van der Waals surface area contributed by atoms with Crippen LogP contribution in [-0.2, 0) is 0 Å². The van der Waals surface area contributed by atoms with E-state index in [4.69, 9.17) is 5.26 Å². The topological polar surface area (TPSA) is 36.1 Å². The van der Waals surface area contributed by atoms with Gasteiger partial charge < -0.3 is 0 Å². The third-order valence-corrected chi connectivity index (χ3v) is 2.81. The SMILES string of the molecule is CC.CC(=Nc1ccc(C#N)cc1C)c1ccccc1. The minimum absolute atomic E-state index is 0.670. The van der Waals surface area contributed by atoms with E-state index in [9.17, 15) is 0 Å². The highest BCUT2D eigenvalue weighted by Crippen LogP contribution is 2.20. The second-order valence-electron chi connectivity index (χ2n) is 4.18. The van der Waals surface area contributed by atoms with Gasteiger partial charge in [-0.1, -0.05) is 44.2 Å². The van der Waals surface area contributed by atoms with Gasteiger partial charge in [-0.25, -0.2) is 0 Å². The first-order chi connectivity index (χ1) is 9.70. The standard InChI is InChI=1S/C16H14N2.C2H6/c1-12-10-14(11-17)8-9-16(12)18-13(2)15-6-4-3-5-7-15;1-2/h3-10H,1-2H3;1-2H3. The van der Waals surface area contributed by atoms with Gasteiger partial charge in [0.1, 0.15) is 0 Å². The van der Waals surface area contributed by atoms with Crippen molar-refractivity contribution in [3.05, 3.63) is 65.2 Å². The van der Waals surface area contributed by atoms with Gasteiger partial charge in [0, 0.05) is 5.71 Å². The molecule has 0 amide bonds. The lowest BCUT2D eigenvalue weighted by molar-refractivity contribution is 1.36. The van der Waals surface area contributed by atoms with Crippen molar-refractivity contribution in [1.29, 1.82) is 5.26 Å². The van der Waals surface area contributed by atoms with Crippen LogP contribution in [0, 0.1) is 18.3 Å². The summed E-state index contributed by atoms with van der Waals surface area (Å²) in [5.74, 6) is 0. The van der Waals surface area contributed by atoms with Crippen molar-refractivity contribution in [1.82, 2.24) is 0 Å². The highest BCUT2D eigenvalue weighted by atomic mass is 14.7. The summed E-state index contributed by atoms with van der Waals surface area (Å²) in [6.07, 6.45) is 0. The van der Waals surface area contributed by atoms with E-state index in [1.807, 2.05) is 70.2 Å². The molecule has 2 heteroatoms. The van der Waals surface area contributed by atoms with Crippen LogP contribution in [-0.4, -0.2) is 5.71 Å². The zero-order valence-electron chi connectivity index (χ0n) is 12.5. The van der Waals surface area contributed by atoms with Crippen molar-refractivity contribution in [2.45, 2.75) is 27.7 Å². The maximum absolute atomic E-state index is 8.83. The second-order valence-corrected chi connectivity index (χ2v) is 4.18. The van der Waals surface area contributed by atoms with E-state index < -0.39 is 0 Å². The lowest BCUT2D eigenvalue weighted by Crippen LogP contribution is -1.93. The molecule has 0 aliphatic carbocycles. The summed E-state index contributed by atoms with van der Waals surface area (Å²) in [6, 6.07) is 17.7. The number of aliphatic imine (C=N–C) groups is 1. The molecule has 2 nitrogen and oxygen atoms in total. The number of benzene rings is 2. The molecule has 0 saturated carbocycles. The van der Waals surface area contributed by atoms with Crippen LogP contribution in [0.1, 0.15) is 37.5 Å². The molecule has 0 fully saturated rings. The smallest absolute Gasteiger partial charge is 0.0991 e.